The molecular formula is C30H38FNO4. The minimum Gasteiger partial charge on any atom is -0.479 e. The first-order chi connectivity index (χ1) is 16.6. The number of nitrogens with zero attached hydrogens (tertiary/aromatic N) is 1. The Morgan fingerprint density at radius 1 is 1.08 bits per heavy atom. The van der Waals surface area contributed by atoms with Gasteiger partial charge in [-0.05, 0) is 92.5 Å². The van der Waals surface area contributed by atoms with Gasteiger partial charge in [-0.2, -0.15) is 0 Å². The summed E-state index contributed by atoms with van der Waals surface area (Å²) in [5.74, 6) is -1.76. The summed E-state index contributed by atoms with van der Waals surface area (Å²) >= 11 is 0. The number of allylic oxidation sites excluding steroid dienone is 1. The average Bonchev–Trinajstić information content (AvgIpc) is 3.20. The molecule has 1 N–H and O–H groups in total. The van der Waals surface area contributed by atoms with Crippen molar-refractivity contribution in [3.8, 4) is 0 Å². The van der Waals surface area contributed by atoms with Crippen molar-refractivity contribution in [2.45, 2.75) is 86.6 Å². The van der Waals surface area contributed by atoms with Crippen molar-refractivity contribution in [3.63, 3.8) is 0 Å². The molecule has 0 saturated carbocycles. The highest BCUT2D eigenvalue weighted by molar-refractivity contribution is 5.94. The molecule has 0 aromatic heterocycles. The summed E-state index contributed by atoms with van der Waals surface area (Å²) < 4.78 is 19.8. The van der Waals surface area contributed by atoms with Crippen LogP contribution >= 0.6 is 0 Å². The lowest BCUT2D eigenvalue weighted by Gasteiger charge is -2.29. The smallest absolute Gasteiger partial charge is 0.337 e. The van der Waals surface area contributed by atoms with Gasteiger partial charge in [-0.25, -0.2) is 9.18 Å². The number of benzene rings is 2. The van der Waals surface area contributed by atoms with Gasteiger partial charge in [-0.15, -0.1) is 0 Å². The number of rotatable bonds is 6. The molecular weight excluding hydrogens is 457 g/mol. The molecule has 5 nitrogen and oxygen atoms in total. The first-order valence-corrected chi connectivity index (χ1v) is 12.4. The molecule has 2 aromatic carbocycles. The number of halogens is 1. The summed E-state index contributed by atoms with van der Waals surface area (Å²) in [6.07, 6.45) is 3.75. The van der Waals surface area contributed by atoms with Gasteiger partial charge in [0.15, 0.2) is 6.10 Å². The maximum absolute atomic E-state index is 13.8. The third-order valence-corrected chi connectivity index (χ3v) is 6.40. The summed E-state index contributed by atoms with van der Waals surface area (Å²) in [5.41, 5.74) is 4.85. The van der Waals surface area contributed by atoms with E-state index in [0.717, 1.165) is 34.2 Å². The monoisotopic (exact) mass is 495 g/mol. The Morgan fingerprint density at radius 3 is 2.22 bits per heavy atom. The molecule has 1 aliphatic rings. The van der Waals surface area contributed by atoms with Crippen LogP contribution in [0.25, 0.3) is 6.08 Å². The van der Waals surface area contributed by atoms with Crippen LogP contribution in [-0.4, -0.2) is 27.5 Å². The van der Waals surface area contributed by atoms with E-state index in [2.05, 4.69) is 26.8 Å². The molecule has 3 rings (SSSR count). The second-order valence-electron chi connectivity index (χ2n) is 11.8. The normalized spacial score (nSPS) is 14.9. The van der Waals surface area contributed by atoms with Gasteiger partial charge in [-0.3, -0.25) is 4.79 Å². The van der Waals surface area contributed by atoms with Crippen LogP contribution in [-0.2, 0) is 22.6 Å². The SMILES string of the molecule is Cc1c(C=CCC(C)(C)C)c([C@H](OC(C)(C)C)C(=O)O)c(C)c2c1CN(C(=O)c1cccc(F)c1)C2. The van der Waals surface area contributed by atoms with Crippen LogP contribution in [0, 0.1) is 25.1 Å². The molecule has 1 aliphatic heterocycles. The van der Waals surface area contributed by atoms with Crippen molar-refractivity contribution in [3.05, 3.63) is 75.1 Å². The molecule has 0 unspecified atom stereocenters. The van der Waals surface area contributed by atoms with Crippen LogP contribution in [0.5, 0.6) is 0 Å². The molecule has 36 heavy (non-hydrogen) atoms. The molecule has 6 heteroatoms. The standard InChI is InChI=1S/C30H38FNO4/c1-18-22(13-10-14-29(3,4)5)25(26(28(34)35)36-30(6,7)8)19(2)24-17-32(16-23(18)24)27(33)20-11-9-12-21(31)15-20/h9-13,15,26H,14,16-17H2,1-8H3,(H,34,35)/t26-/m0/s1. The van der Waals surface area contributed by atoms with E-state index in [9.17, 15) is 19.1 Å². The van der Waals surface area contributed by atoms with Crippen molar-refractivity contribution in [2.24, 2.45) is 5.41 Å². The van der Waals surface area contributed by atoms with Crippen molar-refractivity contribution in [2.75, 3.05) is 0 Å². The third kappa shape index (κ3) is 6.22. The lowest BCUT2D eigenvalue weighted by atomic mass is 9.85. The zero-order chi connectivity index (χ0) is 27.0. The lowest BCUT2D eigenvalue weighted by molar-refractivity contribution is -0.160. The number of carbonyl (C=O) groups is 2. The highest BCUT2D eigenvalue weighted by Crippen LogP contribution is 2.40. The fourth-order valence-corrected chi connectivity index (χ4v) is 4.66. The largest absolute Gasteiger partial charge is 0.479 e. The summed E-state index contributed by atoms with van der Waals surface area (Å²) in [4.78, 5) is 27.4. The van der Waals surface area contributed by atoms with E-state index in [4.69, 9.17) is 4.74 Å². The van der Waals surface area contributed by atoms with Crippen LogP contribution in [0.4, 0.5) is 4.39 Å². The van der Waals surface area contributed by atoms with E-state index in [-0.39, 0.29) is 11.3 Å². The number of amides is 1. The summed E-state index contributed by atoms with van der Waals surface area (Å²) in [6.45, 7) is 16.6. The molecule has 0 spiro atoms. The quantitative estimate of drug-likeness (QED) is 0.469. The number of fused-ring (bicyclic) bond motifs is 1. The molecule has 0 aliphatic carbocycles. The fraction of sp³-hybridized carbons (Fsp3) is 0.467. The van der Waals surface area contributed by atoms with Crippen LogP contribution in [0.2, 0.25) is 0 Å². The van der Waals surface area contributed by atoms with Gasteiger partial charge < -0.3 is 14.7 Å². The minimum absolute atomic E-state index is 0.0820. The van der Waals surface area contributed by atoms with Crippen molar-refractivity contribution < 1.29 is 23.8 Å². The molecule has 1 amide bonds. The Bertz CT molecular complexity index is 1200. The van der Waals surface area contributed by atoms with Crippen molar-refractivity contribution in [1.29, 1.82) is 0 Å². The highest BCUT2D eigenvalue weighted by Gasteiger charge is 2.35. The number of ether oxygens (including phenoxy) is 1. The summed E-state index contributed by atoms with van der Waals surface area (Å²) in [7, 11) is 0. The zero-order valence-corrected chi connectivity index (χ0v) is 22.7. The van der Waals surface area contributed by atoms with Gasteiger partial charge in [0.05, 0.1) is 5.60 Å². The van der Waals surface area contributed by atoms with E-state index < -0.39 is 23.5 Å². The van der Waals surface area contributed by atoms with E-state index >= 15 is 0 Å². The average molecular weight is 496 g/mol. The van der Waals surface area contributed by atoms with Crippen LogP contribution in [0.3, 0.4) is 0 Å². The number of hydrogen-bond acceptors (Lipinski definition) is 3. The van der Waals surface area contributed by atoms with Crippen LogP contribution in [0.1, 0.15) is 97.8 Å². The van der Waals surface area contributed by atoms with Gasteiger partial charge >= 0.3 is 5.97 Å². The molecule has 2 aromatic rings. The maximum atomic E-state index is 13.8. The van der Waals surface area contributed by atoms with Gasteiger partial charge in [0.2, 0.25) is 0 Å². The Labute approximate surface area is 214 Å². The van der Waals surface area contributed by atoms with E-state index in [1.54, 1.807) is 11.0 Å². The Hall–Kier alpha value is -2.99. The molecule has 0 saturated heterocycles. The third-order valence-electron chi connectivity index (χ3n) is 6.40. The number of carboxylic acid groups (broad SMARTS) is 1. The predicted octanol–water partition coefficient (Wildman–Crippen LogP) is 6.99. The highest BCUT2D eigenvalue weighted by atomic mass is 19.1. The number of carboxylic acids is 1. The molecule has 1 heterocycles. The van der Waals surface area contributed by atoms with Gasteiger partial charge in [0.25, 0.3) is 5.91 Å². The maximum Gasteiger partial charge on any atom is 0.337 e. The summed E-state index contributed by atoms with van der Waals surface area (Å²) in [6, 6.07) is 5.69. The van der Waals surface area contributed by atoms with Crippen LogP contribution in [0.15, 0.2) is 30.3 Å². The second kappa shape index (κ2) is 10.2. The van der Waals surface area contributed by atoms with Gasteiger partial charge in [0.1, 0.15) is 5.82 Å². The van der Waals surface area contributed by atoms with E-state index in [1.807, 2.05) is 40.7 Å². The first kappa shape index (κ1) is 27.6. The topological polar surface area (TPSA) is 66.8 Å². The zero-order valence-electron chi connectivity index (χ0n) is 22.7. The second-order valence-corrected chi connectivity index (χ2v) is 11.8. The Morgan fingerprint density at radius 2 is 1.69 bits per heavy atom. The lowest BCUT2D eigenvalue weighted by Crippen LogP contribution is -2.29. The molecule has 194 valence electrons. The Kier molecular flexibility index (Phi) is 7.80. The van der Waals surface area contributed by atoms with Crippen molar-refractivity contribution >= 4 is 18.0 Å². The van der Waals surface area contributed by atoms with Gasteiger partial charge in [0, 0.05) is 24.2 Å². The summed E-state index contributed by atoms with van der Waals surface area (Å²) in [5, 5.41) is 10.2. The number of hydrogen-bond donors (Lipinski definition) is 1. The molecule has 0 radical (unpaired) electrons. The molecule has 0 fully saturated rings. The van der Waals surface area contributed by atoms with Crippen molar-refractivity contribution in [1.82, 2.24) is 4.90 Å². The minimum atomic E-state index is -1.16. The molecule has 0 bridgehead atoms. The van der Waals surface area contributed by atoms with Crippen LogP contribution < -0.4 is 0 Å². The van der Waals surface area contributed by atoms with E-state index in [1.165, 1.54) is 18.2 Å². The fourth-order valence-electron chi connectivity index (χ4n) is 4.66. The molecule has 1 atom stereocenters. The number of aliphatic carboxylic acids is 1. The Balaban J connectivity index is 2.14. The first-order valence-electron chi connectivity index (χ1n) is 12.4. The van der Waals surface area contributed by atoms with E-state index in [0.29, 0.717) is 24.2 Å². The van der Waals surface area contributed by atoms with Gasteiger partial charge in [-0.1, -0.05) is 39.0 Å². The predicted molar refractivity (Wildman–Crippen MR) is 140 cm³/mol. The number of carbonyl (C=O) groups excluding carboxylic acids is 1.